The van der Waals surface area contributed by atoms with Gasteiger partial charge in [-0.05, 0) is 12.2 Å². The Labute approximate surface area is 55.0 Å². The second kappa shape index (κ2) is 5.45. The molecule has 0 N–H and O–H groups in total. The molecule has 0 spiro atoms. The predicted molar refractivity (Wildman–Crippen MR) is 41.1 cm³/mol. The Balaban J connectivity index is 2.86. The van der Waals surface area contributed by atoms with Crippen LogP contribution in [0.4, 0.5) is 0 Å². The Hall–Kier alpha value is 0.310. The molecule has 0 aliphatic rings. The summed E-state index contributed by atoms with van der Waals surface area (Å²) >= 11 is -0.334. The van der Waals surface area contributed by atoms with Gasteiger partial charge in [-0.2, -0.15) is 0 Å². The maximum Gasteiger partial charge on any atom is 0.0479 e. The number of rotatable bonds is 4. The van der Waals surface area contributed by atoms with Crippen LogP contribution in [0, 0.1) is 6.26 Å². The summed E-state index contributed by atoms with van der Waals surface area (Å²) in [4.78, 5) is 0. The summed E-state index contributed by atoms with van der Waals surface area (Å²) in [5.74, 6) is 1.16. The van der Waals surface area contributed by atoms with Crippen molar-refractivity contribution in [1.82, 2.24) is 0 Å². The Morgan fingerprint density at radius 1 is 1.62 bits per heavy atom. The van der Waals surface area contributed by atoms with E-state index in [-0.39, 0.29) is 11.2 Å². The van der Waals surface area contributed by atoms with E-state index in [1.54, 1.807) is 7.11 Å². The van der Waals surface area contributed by atoms with Gasteiger partial charge in [0.1, 0.15) is 0 Å². The molecule has 1 nitrogen and oxygen atoms in total. The Kier molecular flexibility index (Phi) is 5.66. The number of unbranched alkanes of at least 4 members (excludes halogenated alkanes) is 1. The van der Waals surface area contributed by atoms with Gasteiger partial charge in [0.25, 0.3) is 0 Å². The minimum atomic E-state index is -0.334. The van der Waals surface area contributed by atoms with Crippen molar-refractivity contribution in [3.8, 4) is 0 Å². The molecule has 1 radical (unpaired) electrons. The van der Waals surface area contributed by atoms with Gasteiger partial charge in [-0.1, -0.05) is 13.3 Å². The summed E-state index contributed by atoms with van der Waals surface area (Å²) < 4.78 is 5.01. The van der Waals surface area contributed by atoms with Crippen LogP contribution in [0.25, 0.3) is 0 Å². The highest BCUT2D eigenvalue weighted by molar-refractivity contribution is 8.13. The van der Waals surface area contributed by atoms with Crippen molar-refractivity contribution >= 4 is 11.2 Å². The third-order valence-corrected chi connectivity index (χ3v) is 2.35. The van der Waals surface area contributed by atoms with E-state index in [0.29, 0.717) is 0 Å². The zero-order valence-corrected chi connectivity index (χ0v) is 6.58. The molecule has 0 aliphatic carbocycles. The first-order chi connectivity index (χ1) is 3.81. The van der Waals surface area contributed by atoms with Crippen molar-refractivity contribution in [2.24, 2.45) is 0 Å². The largest absolute Gasteiger partial charge is 0.343 e. The lowest BCUT2D eigenvalue weighted by atomic mass is 10.4. The van der Waals surface area contributed by atoms with Gasteiger partial charge in [-0.25, -0.2) is 0 Å². The fourth-order valence-electron chi connectivity index (χ4n) is 0.426. The SMILES string of the molecule is [CH2][SH](CCCC)OC. The summed E-state index contributed by atoms with van der Waals surface area (Å²) in [6.45, 7) is 2.18. The van der Waals surface area contributed by atoms with Gasteiger partial charge < -0.3 is 4.18 Å². The molecular weight excluding hydrogens is 120 g/mol. The number of thiol groups is 1. The van der Waals surface area contributed by atoms with Crippen LogP contribution in [0.1, 0.15) is 19.8 Å². The van der Waals surface area contributed by atoms with Crippen LogP contribution in [-0.2, 0) is 4.18 Å². The maximum absolute atomic E-state index is 5.01. The zero-order valence-electron chi connectivity index (χ0n) is 5.68. The van der Waals surface area contributed by atoms with Gasteiger partial charge in [0.15, 0.2) is 0 Å². The first kappa shape index (κ1) is 8.31. The van der Waals surface area contributed by atoms with Gasteiger partial charge >= 0.3 is 0 Å². The van der Waals surface area contributed by atoms with Gasteiger partial charge in [-0.15, -0.1) is 11.2 Å². The minimum Gasteiger partial charge on any atom is -0.343 e. The first-order valence-electron chi connectivity index (χ1n) is 2.93. The molecule has 0 aromatic rings. The predicted octanol–water partition coefficient (Wildman–Crippen LogP) is 2.14. The molecule has 1 unspecified atom stereocenters. The van der Waals surface area contributed by atoms with Crippen molar-refractivity contribution < 1.29 is 4.18 Å². The van der Waals surface area contributed by atoms with Crippen LogP contribution in [0.15, 0.2) is 0 Å². The van der Waals surface area contributed by atoms with Crippen molar-refractivity contribution in [2.75, 3.05) is 12.9 Å². The lowest BCUT2D eigenvalue weighted by molar-refractivity contribution is 0.481. The van der Waals surface area contributed by atoms with Gasteiger partial charge in [-0.3, -0.25) is 0 Å². The van der Waals surface area contributed by atoms with Crippen LogP contribution < -0.4 is 0 Å². The molecule has 0 heterocycles. The van der Waals surface area contributed by atoms with Crippen molar-refractivity contribution in [2.45, 2.75) is 19.8 Å². The summed E-state index contributed by atoms with van der Waals surface area (Å²) in [5, 5.41) is 0. The second-order valence-electron chi connectivity index (χ2n) is 1.74. The molecule has 1 atom stereocenters. The van der Waals surface area contributed by atoms with Crippen molar-refractivity contribution in [3.63, 3.8) is 0 Å². The quantitative estimate of drug-likeness (QED) is 0.581. The number of hydrogen-bond acceptors (Lipinski definition) is 1. The lowest BCUT2D eigenvalue weighted by Crippen LogP contribution is -1.85. The van der Waals surface area contributed by atoms with Crippen LogP contribution in [0.3, 0.4) is 0 Å². The molecule has 0 bridgehead atoms. The summed E-state index contributed by atoms with van der Waals surface area (Å²) in [7, 11) is 1.73. The standard InChI is InChI=1S/C6H15OS/c1-4-5-6-8(3)7-2/h8H,3-6H2,1-2H3. The molecule has 0 saturated heterocycles. The Morgan fingerprint density at radius 2 is 2.25 bits per heavy atom. The molecule has 0 aromatic heterocycles. The van der Waals surface area contributed by atoms with E-state index < -0.39 is 0 Å². The average Bonchev–Trinajstić information content (AvgIpc) is 1.83. The molecule has 8 heavy (non-hydrogen) atoms. The lowest BCUT2D eigenvalue weighted by Gasteiger charge is -2.10. The normalized spacial score (nSPS) is 16.1. The van der Waals surface area contributed by atoms with E-state index in [1.807, 2.05) is 0 Å². The summed E-state index contributed by atoms with van der Waals surface area (Å²) in [6.07, 6.45) is 6.34. The fraction of sp³-hybridized carbons (Fsp3) is 0.833. The molecule has 0 aliphatic heterocycles. The fourth-order valence-corrected chi connectivity index (χ4v) is 1.28. The molecule has 0 aromatic carbocycles. The molecule has 2 heteroatoms. The second-order valence-corrected chi connectivity index (χ2v) is 3.52. The average molecular weight is 135 g/mol. The first-order valence-corrected chi connectivity index (χ1v) is 4.56. The van der Waals surface area contributed by atoms with Crippen molar-refractivity contribution in [3.05, 3.63) is 6.26 Å². The highest BCUT2D eigenvalue weighted by atomic mass is 32.2. The molecule has 0 fully saturated rings. The molecular formula is C6H15OS. The topological polar surface area (TPSA) is 9.23 Å². The van der Waals surface area contributed by atoms with Crippen LogP contribution in [0.2, 0.25) is 0 Å². The smallest absolute Gasteiger partial charge is 0.0479 e. The third kappa shape index (κ3) is 4.47. The maximum atomic E-state index is 5.01. The van der Waals surface area contributed by atoms with E-state index in [9.17, 15) is 0 Å². The minimum absolute atomic E-state index is 0.334. The van der Waals surface area contributed by atoms with Crippen LogP contribution >= 0.6 is 11.2 Å². The Bertz CT molecular complexity index is 47.8. The molecule has 0 amide bonds. The zero-order chi connectivity index (χ0) is 6.41. The monoisotopic (exact) mass is 135 g/mol. The van der Waals surface area contributed by atoms with Gasteiger partial charge in [0, 0.05) is 13.4 Å². The summed E-state index contributed by atoms with van der Waals surface area (Å²) in [5.41, 5.74) is 0. The summed E-state index contributed by atoms with van der Waals surface area (Å²) in [6, 6.07) is 0. The van der Waals surface area contributed by atoms with E-state index >= 15 is 0 Å². The van der Waals surface area contributed by atoms with Crippen LogP contribution in [-0.4, -0.2) is 12.9 Å². The van der Waals surface area contributed by atoms with Gasteiger partial charge in [0.05, 0.1) is 0 Å². The van der Waals surface area contributed by atoms with Crippen molar-refractivity contribution in [1.29, 1.82) is 0 Å². The van der Waals surface area contributed by atoms with E-state index in [4.69, 9.17) is 4.18 Å². The number of hydrogen-bond donors (Lipinski definition) is 1. The van der Waals surface area contributed by atoms with Gasteiger partial charge in [0.2, 0.25) is 0 Å². The van der Waals surface area contributed by atoms with E-state index in [1.165, 1.54) is 12.8 Å². The van der Waals surface area contributed by atoms with Crippen LogP contribution in [0.5, 0.6) is 0 Å². The third-order valence-electron chi connectivity index (χ3n) is 1.02. The molecule has 0 rings (SSSR count). The van der Waals surface area contributed by atoms with E-state index in [0.717, 1.165) is 5.75 Å². The molecule has 0 saturated carbocycles. The highest BCUT2D eigenvalue weighted by Gasteiger charge is 1.90. The Morgan fingerprint density at radius 3 is 2.62 bits per heavy atom. The highest BCUT2D eigenvalue weighted by Crippen LogP contribution is 2.23. The van der Waals surface area contributed by atoms with E-state index in [2.05, 4.69) is 13.2 Å². The molecule has 51 valence electrons.